The average molecular weight is 311 g/mol. The van der Waals surface area contributed by atoms with E-state index in [2.05, 4.69) is 26.2 Å². The van der Waals surface area contributed by atoms with Crippen molar-refractivity contribution in [3.63, 3.8) is 0 Å². The van der Waals surface area contributed by atoms with Crippen LogP contribution in [0.15, 0.2) is 28.9 Å². The van der Waals surface area contributed by atoms with E-state index in [1.54, 1.807) is 6.20 Å². The summed E-state index contributed by atoms with van der Waals surface area (Å²) in [6.45, 7) is 3.93. The lowest BCUT2D eigenvalue weighted by molar-refractivity contribution is 0.103. The molecule has 2 aromatic heterocycles. The second-order valence-electron chi connectivity index (χ2n) is 3.68. The Labute approximate surface area is 112 Å². The summed E-state index contributed by atoms with van der Waals surface area (Å²) in [7, 11) is 0. The molecular formula is C12H11BrN2OS. The second-order valence-corrected chi connectivity index (χ2v) is 5.83. The van der Waals surface area contributed by atoms with Crippen LogP contribution in [0.3, 0.4) is 0 Å². The summed E-state index contributed by atoms with van der Waals surface area (Å²) in [6, 6.07) is 5.59. The summed E-state index contributed by atoms with van der Waals surface area (Å²) in [4.78, 5) is 17.8. The summed E-state index contributed by atoms with van der Waals surface area (Å²) in [5.41, 5.74) is 1.04. The Hall–Kier alpha value is -1.20. The summed E-state index contributed by atoms with van der Waals surface area (Å²) < 4.78 is 0.933. The standard InChI is InChI=1S/C12H11BrN2OS/c1-7-5-11(14-6-9(7)13)15-12(16)10-4-3-8(2)17-10/h3-6H,1-2H3,(H,14,15,16). The van der Waals surface area contributed by atoms with Gasteiger partial charge >= 0.3 is 0 Å². The number of anilines is 1. The fourth-order valence-corrected chi connectivity index (χ4v) is 2.32. The van der Waals surface area contributed by atoms with Gasteiger partial charge in [-0.3, -0.25) is 4.79 Å². The fourth-order valence-electron chi connectivity index (χ4n) is 1.34. The van der Waals surface area contributed by atoms with Gasteiger partial charge in [0, 0.05) is 15.5 Å². The number of nitrogens with zero attached hydrogens (tertiary/aromatic N) is 1. The molecule has 0 radical (unpaired) electrons. The molecule has 2 heterocycles. The van der Waals surface area contributed by atoms with Gasteiger partial charge in [-0.1, -0.05) is 0 Å². The number of hydrogen-bond acceptors (Lipinski definition) is 3. The van der Waals surface area contributed by atoms with E-state index in [1.807, 2.05) is 32.0 Å². The van der Waals surface area contributed by atoms with Gasteiger partial charge in [-0.15, -0.1) is 11.3 Å². The highest BCUT2D eigenvalue weighted by molar-refractivity contribution is 9.10. The number of thiophene rings is 1. The first kappa shape index (κ1) is 12.3. The summed E-state index contributed by atoms with van der Waals surface area (Å²) >= 11 is 4.84. The van der Waals surface area contributed by atoms with Gasteiger partial charge in [0.05, 0.1) is 4.88 Å². The molecule has 0 atom stereocenters. The predicted octanol–water partition coefficient (Wildman–Crippen LogP) is 3.77. The predicted molar refractivity (Wildman–Crippen MR) is 73.7 cm³/mol. The first-order valence-corrected chi connectivity index (χ1v) is 6.67. The molecule has 3 nitrogen and oxygen atoms in total. The molecule has 0 bridgehead atoms. The number of aromatic nitrogens is 1. The second kappa shape index (κ2) is 4.98. The molecule has 2 rings (SSSR count). The number of carbonyl (C=O) groups excluding carboxylic acids is 1. The number of nitrogens with one attached hydrogen (secondary N) is 1. The molecule has 0 fully saturated rings. The number of rotatable bonds is 2. The third-order valence-corrected chi connectivity index (χ3v) is 4.08. The topological polar surface area (TPSA) is 42.0 Å². The van der Waals surface area contributed by atoms with E-state index in [4.69, 9.17) is 0 Å². The zero-order valence-electron chi connectivity index (χ0n) is 9.45. The van der Waals surface area contributed by atoms with Crippen molar-refractivity contribution in [1.29, 1.82) is 0 Å². The van der Waals surface area contributed by atoms with Crippen LogP contribution in [0.4, 0.5) is 5.82 Å². The van der Waals surface area contributed by atoms with Gasteiger partial charge in [0.2, 0.25) is 0 Å². The van der Waals surface area contributed by atoms with Gasteiger partial charge in [0.1, 0.15) is 5.82 Å². The van der Waals surface area contributed by atoms with Crippen molar-refractivity contribution in [3.05, 3.63) is 44.2 Å². The molecule has 88 valence electrons. The average Bonchev–Trinajstić information content (AvgIpc) is 2.70. The fraction of sp³-hybridized carbons (Fsp3) is 0.167. The highest BCUT2D eigenvalue weighted by atomic mass is 79.9. The van der Waals surface area contributed by atoms with E-state index in [9.17, 15) is 4.79 Å². The van der Waals surface area contributed by atoms with Crippen molar-refractivity contribution in [2.24, 2.45) is 0 Å². The van der Waals surface area contributed by atoms with Gasteiger partial charge in [0.15, 0.2) is 0 Å². The Bertz CT molecular complexity index is 565. The molecule has 5 heteroatoms. The van der Waals surface area contributed by atoms with Crippen LogP contribution >= 0.6 is 27.3 Å². The minimum Gasteiger partial charge on any atom is -0.306 e. The van der Waals surface area contributed by atoms with Crippen LogP contribution < -0.4 is 5.32 Å². The van der Waals surface area contributed by atoms with E-state index in [1.165, 1.54) is 11.3 Å². The smallest absolute Gasteiger partial charge is 0.266 e. The molecule has 0 spiro atoms. The van der Waals surface area contributed by atoms with E-state index < -0.39 is 0 Å². The van der Waals surface area contributed by atoms with Crippen LogP contribution in [0.2, 0.25) is 0 Å². The molecule has 0 saturated carbocycles. The van der Waals surface area contributed by atoms with Crippen LogP contribution in [0, 0.1) is 13.8 Å². The molecule has 0 aromatic carbocycles. The van der Waals surface area contributed by atoms with Gasteiger partial charge < -0.3 is 5.32 Å². The van der Waals surface area contributed by atoms with Gasteiger partial charge in [-0.2, -0.15) is 0 Å². The lowest BCUT2D eigenvalue weighted by Crippen LogP contribution is -2.11. The SMILES string of the molecule is Cc1ccc(C(=O)Nc2cc(C)c(Br)cn2)s1. The summed E-state index contributed by atoms with van der Waals surface area (Å²) in [5, 5.41) is 2.78. The lowest BCUT2D eigenvalue weighted by Gasteiger charge is -2.04. The van der Waals surface area contributed by atoms with Gasteiger partial charge in [-0.05, 0) is 53.5 Å². The minimum absolute atomic E-state index is 0.114. The van der Waals surface area contributed by atoms with Crippen molar-refractivity contribution in [2.75, 3.05) is 5.32 Å². The minimum atomic E-state index is -0.114. The Kier molecular flexibility index (Phi) is 3.59. The van der Waals surface area contributed by atoms with Crippen molar-refractivity contribution >= 4 is 39.0 Å². The number of hydrogen-bond donors (Lipinski definition) is 1. The molecule has 17 heavy (non-hydrogen) atoms. The zero-order chi connectivity index (χ0) is 12.4. The molecule has 1 amide bonds. The van der Waals surface area contributed by atoms with E-state index in [0.29, 0.717) is 10.7 Å². The van der Waals surface area contributed by atoms with Crippen molar-refractivity contribution in [2.45, 2.75) is 13.8 Å². The molecule has 0 aliphatic rings. The van der Waals surface area contributed by atoms with Crippen LogP contribution in [0.25, 0.3) is 0 Å². The monoisotopic (exact) mass is 310 g/mol. The first-order valence-electron chi connectivity index (χ1n) is 5.06. The molecule has 1 N–H and O–H groups in total. The molecule has 0 unspecified atom stereocenters. The maximum Gasteiger partial charge on any atom is 0.266 e. The number of pyridine rings is 1. The van der Waals surface area contributed by atoms with Gasteiger partial charge in [0.25, 0.3) is 5.91 Å². The van der Waals surface area contributed by atoms with Crippen LogP contribution in [0.1, 0.15) is 20.1 Å². The number of halogens is 1. The molecule has 0 aliphatic heterocycles. The third kappa shape index (κ3) is 2.92. The van der Waals surface area contributed by atoms with Crippen LogP contribution in [0.5, 0.6) is 0 Å². The molecule has 0 saturated heterocycles. The van der Waals surface area contributed by atoms with Crippen molar-refractivity contribution in [1.82, 2.24) is 4.98 Å². The quantitative estimate of drug-likeness (QED) is 0.917. The number of aryl methyl sites for hydroxylation is 2. The molecular weight excluding hydrogens is 300 g/mol. The van der Waals surface area contributed by atoms with E-state index in [0.717, 1.165) is 14.9 Å². The third-order valence-electron chi connectivity index (χ3n) is 2.25. The Morgan fingerprint density at radius 2 is 2.18 bits per heavy atom. The zero-order valence-corrected chi connectivity index (χ0v) is 11.9. The highest BCUT2D eigenvalue weighted by Gasteiger charge is 2.09. The maximum atomic E-state index is 11.9. The summed E-state index contributed by atoms with van der Waals surface area (Å²) in [6.07, 6.45) is 1.69. The van der Waals surface area contributed by atoms with Crippen molar-refractivity contribution in [3.8, 4) is 0 Å². The largest absolute Gasteiger partial charge is 0.306 e. The Morgan fingerprint density at radius 1 is 1.41 bits per heavy atom. The van der Waals surface area contributed by atoms with Gasteiger partial charge in [-0.25, -0.2) is 4.98 Å². The highest BCUT2D eigenvalue weighted by Crippen LogP contribution is 2.19. The number of carbonyl (C=O) groups is 1. The summed E-state index contributed by atoms with van der Waals surface area (Å²) in [5.74, 6) is 0.457. The molecule has 2 aromatic rings. The van der Waals surface area contributed by atoms with E-state index in [-0.39, 0.29) is 5.91 Å². The molecule has 0 aliphatic carbocycles. The maximum absolute atomic E-state index is 11.9. The van der Waals surface area contributed by atoms with Crippen molar-refractivity contribution < 1.29 is 4.79 Å². The van der Waals surface area contributed by atoms with E-state index >= 15 is 0 Å². The Morgan fingerprint density at radius 3 is 2.76 bits per heavy atom. The Balaban J connectivity index is 2.15. The number of amides is 1. The van der Waals surface area contributed by atoms with Crippen LogP contribution in [-0.2, 0) is 0 Å². The van der Waals surface area contributed by atoms with Crippen LogP contribution in [-0.4, -0.2) is 10.9 Å². The first-order chi connectivity index (χ1) is 8.06. The normalized spacial score (nSPS) is 10.3. The lowest BCUT2D eigenvalue weighted by atomic mass is 10.3.